The van der Waals surface area contributed by atoms with E-state index in [0.717, 1.165) is 13.1 Å². The summed E-state index contributed by atoms with van der Waals surface area (Å²) >= 11 is 5.20. The van der Waals surface area contributed by atoms with Gasteiger partial charge in [0, 0.05) is 11.4 Å². The van der Waals surface area contributed by atoms with Gasteiger partial charge in [-0.15, -0.1) is 11.3 Å². The molecule has 1 aromatic rings. The van der Waals surface area contributed by atoms with Crippen molar-refractivity contribution in [2.24, 2.45) is 0 Å². The SMILES string of the molecule is CCNCc1ccc(Br)s1. The van der Waals surface area contributed by atoms with Crippen LogP contribution in [-0.2, 0) is 6.54 Å². The van der Waals surface area contributed by atoms with Gasteiger partial charge >= 0.3 is 0 Å². The molecule has 0 atom stereocenters. The van der Waals surface area contributed by atoms with Gasteiger partial charge in [-0.1, -0.05) is 6.92 Å². The molecule has 0 unspecified atom stereocenters. The standard InChI is InChI=1S/C7H10BrNS/c1-2-9-5-6-3-4-7(8)10-6/h3-4,9H,2,5H2,1H3. The maximum absolute atomic E-state index is 3.41. The summed E-state index contributed by atoms with van der Waals surface area (Å²) in [6.07, 6.45) is 0. The second kappa shape index (κ2) is 4.11. The Hall–Kier alpha value is 0.140. The van der Waals surface area contributed by atoms with E-state index in [-0.39, 0.29) is 0 Å². The lowest BCUT2D eigenvalue weighted by atomic mass is 10.4. The van der Waals surface area contributed by atoms with E-state index in [0.29, 0.717) is 0 Å². The van der Waals surface area contributed by atoms with Crippen LogP contribution in [0.25, 0.3) is 0 Å². The molecule has 0 amide bonds. The van der Waals surface area contributed by atoms with E-state index >= 15 is 0 Å². The molecule has 1 nitrogen and oxygen atoms in total. The fourth-order valence-corrected chi connectivity index (χ4v) is 2.15. The van der Waals surface area contributed by atoms with Crippen LogP contribution >= 0.6 is 27.3 Å². The molecule has 0 aliphatic heterocycles. The zero-order valence-corrected chi connectivity index (χ0v) is 8.26. The van der Waals surface area contributed by atoms with Crippen molar-refractivity contribution in [3.05, 3.63) is 20.8 Å². The lowest BCUT2D eigenvalue weighted by Gasteiger charge is -1.94. The van der Waals surface area contributed by atoms with Crippen LogP contribution in [0.2, 0.25) is 0 Å². The molecule has 0 aliphatic rings. The summed E-state index contributed by atoms with van der Waals surface area (Å²) in [5.74, 6) is 0. The minimum absolute atomic E-state index is 0.993. The van der Waals surface area contributed by atoms with Crippen molar-refractivity contribution in [3.8, 4) is 0 Å². The Kier molecular flexibility index (Phi) is 3.39. The van der Waals surface area contributed by atoms with Crippen molar-refractivity contribution in [1.29, 1.82) is 0 Å². The Bertz CT molecular complexity index is 197. The predicted octanol–water partition coefficient (Wildman–Crippen LogP) is 2.62. The number of halogens is 1. The van der Waals surface area contributed by atoms with Gasteiger partial charge in [-0.2, -0.15) is 0 Å². The lowest BCUT2D eigenvalue weighted by molar-refractivity contribution is 0.735. The number of rotatable bonds is 3. The molecule has 0 bridgehead atoms. The molecule has 10 heavy (non-hydrogen) atoms. The molecular weight excluding hydrogens is 210 g/mol. The summed E-state index contributed by atoms with van der Waals surface area (Å²) in [4.78, 5) is 1.38. The summed E-state index contributed by atoms with van der Waals surface area (Å²) in [6, 6.07) is 4.22. The number of nitrogens with one attached hydrogen (secondary N) is 1. The first-order valence-corrected chi connectivity index (χ1v) is 4.89. The third-order valence-corrected chi connectivity index (χ3v) is 2.80. The molecule has 0 radical (unpaired) electrons. The van der Waals surface area contributed by atoms with Crippen LogP contribution in [0.4, 0.5) is 0 Å². The van der Waals surface area contributed by atoms with Crippen LogP contribution in [0.1, 0.15) is 11.8 Å². The first-order valence-electron chi connectivity index (χ1n) is 3.28. The molecule has 0 saturated carbocycles. The van der Waals surface area contributed by atoms with Crippen molar-refractivity contribution >= 4 is 27.3 Å². The molecule has 1 aromatic heterocycles. The average Bonchev–Trinajstić information content (AvgIpc) is 2.31. The van der Waals surface area contributed by atoms with Crippen LogP contribution < -0.4 is 5.32 Å². The molecule has 0 saturated heterocycles. The maximum atomic E-state index is 3.41. The van der Waals surface area contributed by atoms with Crippen molar-refractivity contribution in [2.45, 2.75) is 13.5 Å². The molecule has 1 N–H and O–H groups in total. The van der Waals surface area contributed by atoms with Gasteiger partial charge in [0.2, 0.25) is 0 Å². The largest absolute Gasteiger partial charge is 0.312 e. The van der Waals surface area contributed by atoms with Gasteiger partial charge in [0.05, 0.1) is 3.79 Å². The minimum atomic E-state index is 0.993. The highest BCUT2D eigenvalue weighted by molar-refractivity contribution is 9.11. The van der Waals surface area contributed by atoms with Gasteiger partial charge in [-0.25, -0.2) is 0 Å². The summed E-state index contributed by atoms with van der Waals surface area (Å²) < 4.78 is 1.21. The highest BCUT2D eigenvalue weighted by atomic mass is 79.9. The molecule has 56 valence electrons. The number of thiophene rings is 1. The topological polar surface area (TPSA) is 12.0 Å². The van der Waals surface area contributed by atoms with Gasteiger partial charge in [0.25, 0.3) is 0 Å². The van der Waals surface area contributed by atoms with E-state index in [1.54, 1.807) is 11.3 Å². The molecule has 0 aromatic carbocycles. The Morgan fingerprint density at radius 3 is 2.90 bits per heavy atom. The predicted molar refractivity (Wildman–Crippen MR) is 49.4 cm³/mol. The second-order valence-corrected chi connectivity index (χ2v) is 4.53. The smallest absolute Gasteiger partial charge is 0.0701 e. The van der Waals surface area contributed by atoms with Gasteiger partial charge in [0.1, 0.15) is 0 Å². The van der Waals surface area contributed by atoms with Crippen LogP contribution in [0.5, 0.6) is 0 Å². The fourth-order valence-electron chi connectivity index (χ4n) is 0.695. The minimum Gasteiger partial charge on any atom is -0.312 e. The molecule has 0 aliphatic carbocycles. The first kappa shape index (κ1) is 8.24. The Morgan fingerprint density at radius 2 is 2.40 bits per heavy atom. The van der Waals surface area contributed by atoms with E-state index in [1.165, 1.54) is 8.66 Å². The summed E-state index contributed by atoms with van der Waals surface area (Å²) in [5.41, 5.74) is 0. The van der Waals surface area contributed by atoms with Crippen molar-refractivity contribution in [3.63, 3.8) is 0 Å². The van der Waals surface area contributed by atoms with Gasteiger partial charge in [0.15, 0.2) is 0 Å². The van der Waals surface area contributed by atoms with E-state index < -0.39 is 0 Å². The zero-order valence-electron chi connectivity index (χ0n) is 5.86. The molecule has 1 rings (SSSR count). The summed E-state index contributed by atoms with van der Waals surface area (Å²) in [6.45, 7) is 4.14. The fraction of sp³-hybridized carbons (Fsp3) is 0.429. The molecular formula is C7H10BrNS. The van der Waals surface area contributed by atoms with Gasteiger partial charge < -0.3 is 5.32 Å². The van der Waals surface area contributed by atoms with Crippen molar-refractivity contribution < 1.29 is 0 Å². The third-order valence-electron chi connectivity index (χ3n) is 1.18. The third kappa shape index (κ3) is 2.40. The second-order valence-electron chi connectivity index (χ2n) is 1.99. The molecule has 3 heteroatoms. The highest BCUT2D eigenvalue weighted by Crippen LogP contribution is 2.21. The van der Waals surface area contributed by atoms with Crippen LogP contribution in [0, 0.1) is 0 Å². The van der Waals surface area contributed by atoms with Crippen molar-refractivity contribution in [1.82, 2.24) is 5.32 Å². The Labute approximate surface area is 73.6 Å². The van der Waals surface area contributed by atoms with Crippen LogP contribution in [0.15, 0.2) is 15.9 Å². The molecule has 1 heterocycles. The average molecular weight is 220 g/mol. The van der Waals surface area contributed by atoms with E-state index in [4.69, 9.17) is 0 Å². The Balaban J connectivity index is 2.42. The molecule has 0 spiro atoms. The van der Waals surface area contributed by atoms with Crippen molar-refractivity contribution in [2.75, 3.05) is 6.54 Å². The summed E-state index contributed by atoms with van der Waals surface area (Å²) in [5, 5.41) is 3.27. The Morgan fingerprint density at radius 1 is 1.60 bits per heavy atom. The van der Waals surface area contributed by atoms with E-state index in [9.17, 15) is 0 Å². The number of hydrogen-bond donors (Lipinski definition) is 1. The van der Waals surface area contributed by atoms with Crippen LogP contribution in [-0.4, -0.2) is 6.54 Å². The van der Waals surface area contributed by atoms with Gasteiger partial charge in [-0.3, -0.25) is 0 Å². The van der Waals surface area contributed by atoms with Crippen LogP contribution in [0.3, 0.4) is 0 Å². The highest BCUT2D eigenvalue weighted by Gasteiger charge is 1.94. The molecule has 0 fully saturated rings. The zero-order chi connectivity index (χ0) is 7.40. The normalized spacial score (nSPS) is 10.2. The van der Waals surface area contributed by atoms with E-state index in [2.05, 4.69) is 40.3 Å². The lowest BCUT2D eigenvalue weighted by Crippen LogP contribution is -2.10. The first-order chi connectivity index (χ1) is 4.83. The maximum Gasteiger partial charge on any atom is 0.0701 e. The summed E-state index contributed by atoms with van der Waals surface area (Å²) in [7, 11) is 0. The number of hydrogen-bond acceptors (Lipinski definition) is 2. The van der Waals surface area contributed by atoms with Gasteiger partial charge in [-0.05, 0) is 34.6 Å². The van der Waals surface area contributed by atoms with E-state index in [1.807, 2.05) is 0 Å². The monoisotopic (exact) mass is 219 g/mol. The quantitative estimate of drug-likeness (QED) is 0.825.